The highest BCUT2D eigenvalue weighted by atomic mass is 19.4. The van der Waals surface area contributed by atoms with Crippen molar-refractivity contribution in [1.82, 2.24) is 19.9 Å². The molecular formula is C24H21F4N5O2. The summed E-state index contributed by atoms with van der Waals surface area (Å²) in [6, 6.07) is 3.60. The first-order valence-electron chi connectivity index (χ1n) is 11.1. The fraction of sp³-hybridized carbons (Fsp3) is 0.375. The first-order chi connectivity index (χ1) is 16.7. The van der Waals surface area contributed by atoms with Gasteiger partial charge in [0.15, 0.2) is 17.9 Å². The van der Waals surface area contributed by atoms with Crippen molar-refractivity contribution in [2.24, 2.45) is 5.92 Å². The number of carbonyl (C=O) groups excluding carboxylic acids is 1. The van der Waals surface area contributed by atoms with Gasteiger partial charge < -0.3 is 9.64 Å². The Kier molecular flexibility index (Phi) is 5.86. The maximum absolute atomic E-state index is 14.4. The Balaban J connectivity index is 1.46. The van der Waals surface area contributed by atoms with E-state index < -0.39 is 29.5 Å². The maximum Gasteiger partial charge on any atom is 0.417 e. The third-order valence-corrected chi connectivity index (χ3v) is 6.51. The van der Waals surface area contributed by atoms with Crippen LogP contribution in [0.2, 0.25) is 0 Å². The number of nitrogens with zero attached hydrogens (tertiary/aromatic N) is 5. The maximum atomic E-state index is 14.4. The molecule has 0 amide bonds. The van der Waals surface area contributed by atoms with Gasteiger partial charge in [-0.1, -0.05) is 0 Å². The number of anilines is 1. The predicted molar refractivity (Wildman–Crippen MR) is 117 cm³/mol. The number of carbonyl (C=O) groups is 1. The summed E-state index contributed by atoms with van der Waals surface area (Å²) in [6.07, 6.45) is 1.57. The van der Waals surface area contributed by atoms with Crippen molar-refractivity contribution >= 4 is 12.1 Å². The van der Waals surface area contributed by atoms with Crippen molar-refractivity contribution in [3.63, 3.8) is 0 Å². The molecule has 0 aromatic carbocycles. The molecule has 7 nitrogen and oxygen atoms in total. The van der Waals surface area contributed by atoms with Crippen LogP contribution in [0.1, 0.15) is 40.7 Å². The van der Waals surface area contributed by atoms with Gasteiger partial charge in [0.05, 0.1) is 11.6 Å². The molecule has 11 heteroatoms. The molecular weight excluding hydrogens is 466 g/mol. The third-order valence-electron chi connectivity index (χ3n) is 6.51. The van der Waals surface area contributed by atoms with E-state index in [4.69, 9.17) is 9.72 Å². The van der Waals surface area contributed by atoms with E-state index in [0.29, 0.717) is 54.4 Å². The van der Waals surface area contributed by atoms with E-state index in [1.165, 1.54) is 0 Å². The molecule has 1 aliphatic carbocycles. The first kappa shape index (κ1) is 23.1. The minimum absolute atomic E-state index is 0.193. The molecule has 3 aromatic heterocycles. The SMILES string of the molecule is Cc1cc(C=O)c(-c2ncccn2)nc1N1C[C@@H]2CC[C@H]1[C@H](Oc1ncc(C(F)(F)F)cc1F)C2. The second kappa shape index (κ2) is 8.86. The van der Waals surface area contributed by atoms with Gasteiger partial charge in [0.1, 0.15) is 17.6 Å². The lowest BCUT2D eigenvalue weighted by Crippen LogP contribution is -2.58. The van der Waals surface area contributed by atoms with Crippen LogP contribution in [-0.4, -0.2) is 44.9 Å². The lowest BCUT2D eigenvalue weighted by atomic mass is 9.77. The third kappa shape index (κ3) is 4.42. The zero-order valence-corrected chi connectivity index (χ0v) is 18.7. The van der Waals surface area contributed by atoms with Gasteiger partial charge in [0.25, 0.3) is 5.88 Å². The van der Waals surface area contributed by atoms with Gasteiger partial charge >= 0.3 is 6.18 Å². The molecule has 1 saturated carbocycles. The Hall–Kier alpha value is -3.63. The minimum atomic E-state index is -4.69. The van der Waals surface area contributed by atoms with Crippen LogP contribution in [0.15, 0.2) is 36.8 Å². The van der Waals surface area contributed by atoms with Crippen LogP contribution in [0.25, 0.3) is 11.5 Å². The van der Waals surface area contributed by atoms with Crippen molar-refractivity contribution < 1.29 is 27.1 Å². The van der Waals surface area contributed by atoms with Crippen molar-refractivity contribution in [3.05, 3.63) is 59.3 Å². The largest absolute Gasteiger partial charge is 0.470 e. The van der Waals surface area contributed by atoms with Gasteiger partial charge in [0.2, 0.25) is 0 Å². The number of piperidine rings is 2. The molecule has 0 radical (unpaired) electrons. The summed E-state index contributed by atoms with van der Waals surface area (Å²) in [5.74, 6) is -0.412. The summed E-state index contributed by atoms with van der Waals surface area (Å²) in [4.78, 5) is 30.6. The molecule has 3 aromatic rings. The molecule has 0 spiro atoms. The fourth-order valence-electron chi connectivity index (χ4n) is 4.92. The van der Waals surface area contributed by atoms with Crippen molar-refractivity contribution in [2.45, 2.75) is 44.5 Å². The lowest BCUT2D eigenvalue weighted by Gasteiger charge is -2.50. The summed E-state index contributed by atoms with van der Waals surface area (Å²) in [5, 5.41) is 0. The Morgan fingerprint density at radius 3 is 2.57 bits per heavy atom. The lowest BCUT2D eigenvalue weighted by molar-refractivity contribution is -0.138. The minimum Gasteiger partial charge on any atom is -0.470 e. The van der Waals surface area contributed by atoms with Crippen LogP contribution < -0.4 is 9.64 Å². The van der Waals surface area contributed by atoms with E-state index >= 15 is 0 Å². The molecule has 3 aliphatic rings. The standard InChI is InChI=1S/C24H21F4N5O2/c1-13-7-15(12-34)20(21-29-5-2-6-30-21)32-22(13)33-11-14-3-4-18(33)19(8-14)35-23-17(25)9-16(10-31-23)24(26,27)28/h2,5-7,9-10,12,14,18-19H,3-4,8,11H2,1H3/t14-,18+,19-/m1/s1. The molecule has 5 heterocycles. The number of aromatic nitrogens is 4. The topological polar surface area (TPSA) is 81.1 Å². The quantitative estimate of drug-likeness (QED) is 0.383. The normalized spacial score (nSPS) is 21.7. The van der Waals surface area contributed by atoms with Crippen LogP contribution in [-0.2, 0) is 6.18 Å². The highest BCUT2D eigenvalue weighted by Crippen LogP contribution is 2.41. The van der Waals surface area contributed by atoms with Crippen LogP contribution in [0.3, 0.4) is 0 Å². The number of ether oxygens (including phenoxy) is 1. The summed E-state index contributed by atoms with van der Waals surface area (Å²) in [5.41, 5.74) is 0.329. The number of pyridine rings is 2. The second-order valence-electron chi connectivity index (χ2n) is 8.82. The first-order valence-corrected chi connectivity index (χ1v) is 11.1. The van der Waals surface area contributed by atoms with E-state index in [1.807, 2.05) is 6.92 Å². The number of aldehydes is 1. The average molecular weight is 487 g/mol. The van der Waals surface area contributed by atoms with Crippen LogP contribution >= 0.6 is 0 Å². The summed E-state index contributed by atoms with van der Waals surface area (Å²) in [6.45, 7) is 2.54. The molecule has 3 atom stereocenters. The van der Waals surface area contributed by atoms with Crippen LogP contribution in [0, 0.1) is 18.7 Å². The van der Waals surface area contributed by atoms with Crippen molar-refractivity contribution in [3.8, 4) is 17.4 Å². The van der Waals surface area contributed by atoms with Gasteiger partial charge in [-0.15, -0.1) is 0 Å². The molecule has 2 bridgehead atoms. The van der Waals surface area contributed by atoms with Gasteiger partial charge in [0, 0.05) is 30.7 Å². The average Bonchev–Trinajstić information content (AvgIpc) is 2.85. The van der Waals surface area contributed by atoms with Gasteiger partial charge in [-0.3, -0.25) is 4.79 Å². The fourth-order valence-corrected chi connectivity index (χ4v) is 4.92. The van der Waals surface area contributed by atoms with Gasteiger partial charge in [-0.05, 0) is 55.9 Å². The number of fused-ring (bicyclic) bond motifs is 3. The van der Waals surface area contributed by atoms with Crippen molar-refractivity contribution in [2.75, 3.05) is 11.4 Å². The van der Waals surface area contributed by atoms with Crippen LogP contribution in [0.5, 0.6) is 5.88 Å². The Labute approximate surface area is 198 Å². The Morgan fingerprint density at radius 2 is 1.91 bits per heavy atom. The molecule has 0 N–H and O–H groups in total. The number of aryl methyl sites for hydroxylation is 1. The van der Waals surface area contributed by atoms with E-state index in [0.717, 1.165) is 18.4 Å². The molecule has 35 heavy (non-hydrogen) atoms. The highest BCUT2D eigenvalue weighted by molar-refractivity contribution is 5.85. The molecule has 0 unspecified atom stereocenters. The van der Waals surface area contributed by atoms with E-state index in [1.54, 1.807) is 24.5 Å². The Morgan fingerprint density at radius 1 is 1.14 bits per heavy atom. The summed E-state index contributed by atoms with van der Waals surface area (Å²) < 4.78 is 58.9. The number of rotatable bonds is 5. The predicted octanol–water partition coefficient (Wildman–Crippen LogP) is 4.65. The van der Waals surface area contributed by atoms with Crippen LogP contribution in [0.4, 0.5) is 23.4 Å². The van der Waals surface area contributed by atoms with E-state index in [2.05, 4.69) is 19.9 Å². The van der Waals surface area contributed by atoms with Gasteiger partial charge in [-0.25, -0.2) is 24.3 Å². The highest BCUT2D eigenvalue weighted by Gasteiger charge is 2.44. The zero-order valence-electron chi connectivity index (χ0n) is 18.7. The molecule has 2 aliphatic heterocycles. The Bertz CT molecular complexity index is 1250. The summed E-state index contributed by atoms with van der Waals surface area (Å²) >= 11 is 0. The second-order valence-corrected chi connectivity index (χ2v) is 8.82. The number of halogens is 4. The zero-order chi connectivity index (χ0) is 24.7. The van der Waals surface area contributed by atoms with Gasteiger partial charge in [-0.2, -0.15) is 13.2 Å². The molecule has 182 valence electrons. The molecule has 6 rings (SSSR count). The number of hydrogen-bond acceptors (Lipinski definition) is 7. The van der Waals surface area contributed by atoms with Crippen molar-refractivity contribution in [1.29, 1.82) is 0 Å². The number of alkyl halides is 3. The monoisotopic (exact) mass is 487 g/mol. The molecule has 2 saturated heterocycles. The van der Waals surface area contributed by atoms with E-state index in [-0.39, 0.29) is 12.0 Å². The number of hydrogen-bond donors (Lipinski definition) is 0. The summed E-state index contributed by atoms with van der Waals surface area (Å²) in [7, 11) is 0. The smallest absolute Gasteiger partial charge is 0.417 e. The van der Waals surface area contributed by atoms with E-state index in [9.17, 15) is 22.4 Å². The molecule has 3 fully saturated rings.